The van der Waals surface area contributed by atoms with Crippen molar-refractivity contribution in [2.75, 3.05) is 11.9 Å². The molecular weight excluding hydrogens is 370 g/mol. The van der Waals surface area contributed by atoms with E-state index in [0.29, 0.717) is 17.8 Å². The molecule has 0 aliphatic rings. The van der Waals surface area contributed by atoms with Crippen LogP contribution in [0, 0.1) is 0 Å². The summed E-state index contributed by atoms with van der Waals surface area (Å²) in [4.78, 5) is 37.0. The Morgan fingerprint density at radius 1 is 0.966 bits per heavy atom. The SMILES string of the molecule is CCCn1c(=O)n(CCC(=O)Nc2cccc(C(=O)OCC)c2)c2ccccc21. The Morgan fingerprint density at radius 3 is 2.31 bits per heavy atom. The molecule has 1 aromatic heterocycles. The number of rotatable bonds is 8. The van der Waals surface area contributed by atoms with Gasteiger partial charge in [-0.3, -0.25) is 13.9 Å². The largest absolute Gasteiger partial charge is 0.462 e. The van der Waals surface area contributed by atoms with Crippen LogP contribution in [-0.2, 0) is 22.6 Å². The van der Waals surface area contributed by atoms with Gasteiger partial charge in [0.1, 0.15) is 0 Å². The molecule has 0 radical (unpaired) electrons. The molecule has 1 amide bonds. The van der Waals surface area contributed by atoms with Gasteiger partial charge in [0.05, 0.1) is 23.2 Å². The number of hydrogen-bond acceptors (Lipinski definition) is 4. The van der Waals surface area contributed by atoms with Gasteiger partial charge >= 0.3 is 11.7 Å². The van der Waals surface area contributed by atoms with Crippen LogP contribution in [0.2, 0.25) is 0 Å². The van der Waals surface area contributed by atoms with Crippen molar-refractivity contribution < 1.29 is 14.3 Å². The molecule has 0 aliphatic carbocycles. The highest BCUT2D eigenvalue weighted by Gasteiger charge is 2.14. The van der Waals surface area contributed by atoms with Gasteiger partial charge in [-0.2, -0.15) is 0 Å². The molecule has 0 saturated heterocycles. The molecule has 152 valence electrons. The Bertz CT molecular complexity index is 1080. The van der Waals surface area contributed by atoms with Gasteiger partial charge in [-0.25, -0.2) is 9.59 Å². The van der Waals surface area contributed by atoms with E-state index in [4.69, 9.17) is 4.74 Å². The van der Waals surface area contributed by atoms with Gasteiger partial charge in [0, 0.05) is 25.2 Å². The number of carbonyl (C=O) groups excluding carboxylic acids is 2. The van der Waals surface area contributed by atoms with Gasteiger partial charge in [-0.05, 0) is 43.7 Å². The fourth-order valence-corrected chi connectivity index (χ4v) is 3.30. The number of para-hydroxylation sites is 2. The van der Waals surface area contributed by atoms with E-state index >= 15 is 0 Å². The number of aromatic nitrogens is 2. The molecule has 29 heavy (non-hydrogen) atoms. The lowest BCUT2D eigenvalue weighted by molar-refractivity contribution is -0.116. The quantitative estimate of drug-likeness (QED) is 0.593. The Morgan fingerprint density at radius 2 is 1.66 bits per heavy atom. The number of esters is 1. The second-order valence-corrected chi connectivity index (χ2v) is 6.67. The molecule has 0 saturated carbocycles. The maximum atomic E-state index is 12.8. The molecule has 0 unspecified atom stereocenters. The highest BCUT2D eigenvalue weighted by molar-refractivity contribution is 5.94. The molecule has 7 heteroatoms. The number of fused-ring (bicyclic) bond motifs is 1. The highest BCUT2D eigenvalue weighted by Crippen LogP contribution is 2.15. The zero-order chi connectivity index (χ0) is 20.8. The third kappa shape index (κ3) is 4.56. The average molecular weight is 395 g/mol. The van der Waals surface area contributed by atoms with Gasteiger partial charge in [0.15, 0.2) is 0 Å². The number of aryl methyl sites for hydroxylation is 2. The summed E-state index contributed by atoms with van der Waals surface area (Å²) in [6, 6.07) is 14.2. The Hall–Kier alpha value is -3.35. The molecule has 1 heterocycles. The van der Waals surface area contributed by atoms with Crippen molar-refractivity contribution >= 4 is 28.6 Å². The first-order valence-corrected chi connectivity index (χ1v) is 9.80. The number of amides is 1. The van der Waals surface area contributed by atoms with Crippen molar-refractivity contribution in [3.05, 3.63) is 64.6 Å². The third-order valence-electron chi connectivity index (χ3n) is 4.59. The summed E-state index contributed by atoms with van der Waals surface area (Å²) in [5, 5.41) is 2.78. The van der Waals surface area contributed by atoms with Crippen LogP contribution in [-0.4, -0.2) is 27.6 Å². The zero-order valence-corrected chi connectivity index (χ0v) is 16.7. The predicted octanol–water partition coefficient (Wildman–Crippen LogP) is 3.42. The van der Waals surface area contributed by atoms with Crippen LogP contribution in [0.15, 0.2) is 53.3 Å². The lowest BCUT2D eigenvalue weighted by Crippen LogP contribution is -2.26. The van der Waals surface area contributed by atoms with Crippen LogP contribution in [0.25, 0.3) is 11.0 Å². The lowest BCUT2D eigenvalue weighted by Gasteiger charge is -2.08. The number of carbonyl (C=O) groups is 2. The first-order valence-electron chi connectivity index (χ1n) is 9.80. The number of benzene rings is 2. The molecule has 0 bridgehead atoms. The van der Waals surface area contributed by atoms with Crippen LogP contribution in [0.4, 0.5) is 5.69 Å². The minimum atomic E-state index is -0.432. The normalized spacial score (nSPS) is 10.8. The molecular formula is C22H25N3O4. The van der Waals surface area contributed by atoms with Crippen molar-refractivity contribution in [1.29, 1.82) is 0 Å². The number of imidazole rings is 1. The van der Waals surface area contributed by atoms with Crippen LogP contribution >= 0.6 is 0 Å². The van der Waals surface area contributed by atoms with Crippen LogP contribution < -0.4 is 11.0 Å². The van der Waals surface area contributed by atoms with E-state index in [2.05, 4.69) is 5.32 Å². The molecule has 0 spiro atoms. The van der Waals surface area contributed by atoms with E-state index in [1.165, 1.54) is 0 Å². The lowest BCUT2D eigenvalue weighted by atomic mass is 10.2. The Kier molecular flexibility index (Phi) is 6.49. The number of anilines is 1. The monoisotopic (exact) mass is 395 g/mol. The van der Waals surface area contributed by atoms with Gasteiger partial charge in [0.25, 0.3) is 0 Å². The molecule has 0 aliphatic heterocycles. The number of nitrogens with zero attached hydrogens (tertiary/aromatic N) is 2. The molecule has 7 nitrogen and oxygen atoms in total. The zero-order valence-electron chi connectivity index (χ0n) is 16.7. The Labute approximate surface area is 168 Å². The summed E-state index contributed by atoms with van der Waals surface area (Å²) in [5.74, 6) is -0.663. The topological polar surface area (TPSA) is 82.3 Å². The highest BCUT2D eigenvalue weighted by atomic mass is 16.5. The first-order chi connectivity index (χ1) is 14.0. The average Bonchev–Trinajstić information content (AvgIpc) is 2.98. The van der Waals surface area contributed by atoms with E-state index in [9.17, 15) is 14.4 Å². The maximum Gasteiger partial charge on any atom is 0.338 e. The summed E-state index contributed by atoms with van der Waals surface area (Å²) in [6.07, 6.45) is 0.995. The van der Waals surface area contributed by atoms with Gasteiger partial charge in [0.2, 0.25) is 5.91 Å². The number of nitrogens with one attached hydrogen (secondary N) is 1. The minimum absolute atomic E-state index is 0.106. The molecule has 3 rings (SSSR count). The van der Waals surface area contributed by atoms with E-state index in [-0.39, 0.29) is 31.2 Å². The number of ether oxygens (including phenoxy) is 1. The fourth-order valence-electron chi connectivity index (χ4n) is 3.30. The van der Waals surface area contributed by atoms with Crippen molar-refractivity contribution in [3.8, 4) is 0 Å². The van der Waals surface area contributed by atoms with Crippen LogP contribution in [0.1, 0.15) is 37.0 Å². The van der Waals surface area contributed by atoms with Crippen molar-refractivity contribution in [1.82, 2.24) is 9.13 Å². The van der Waals surface area contributed by atoms with Crippen molar-refractivity contribution in [2.45, 2.75) is 39.8 Å². The van der Waals surface area contributed by atoms with Crippen molar-refractivity contribution in [2.24, 2.45) is 0 Å². The van der Waals surface area contributed by atoms with E-state index in [0.717, 1.165) is 17.5 Å². The van der Waals surface area contributed by atoms with Crippen LogP contribution in [0.3, 0.4) is 0 Å². The molecule has 3 aromatic rings. The Balaban J connectivity index is 1.72. The summed E-state index contributed by atoms with van der Waals surface area (Å²) in [6.45, 7) is 4.97. The molecule has 0 atom stereocenters. The summed E-state index contributed by atoms with van der Waals surface area (Å²) in [7, 11) is 0. The third-order valence-corrected chi connectivity index (χ3v) is 4.59. The van der Waals surface area contributed by atoms with Crippen LogP contribution in [0.5, 0.6) is 0 Å². The predicted molar refractivity (Wildman–Crippen MR) is 112 cm³/mol. The fraction of sp³-hybridized carbons (Fsp3) is 0.318. The smallest absolute Gasteiger partial charge is 0.338 e. The van der Waals surface area contributed by atoms with Gasteiger partial charge in [-0.1, -0.05) is 25.1 Å². The van der Waals surface area contributed by atoms with E-state index in [1.807, 2.05) is 31.2 Å². The second-order valence-electron chi connectivity index (χ2n) is 6.67. The molecule has 2 aromatic carbocycles. The standard InChI is InChI=1S/C22H25N3O4/c1-3-13-24-18-10-5-6-11-19(18)25(22(24)28)14-12-20(26)23-17-9-7-8-16(15-17)21(27)29-4-2/h5-11,15H,3-4,12-14H2,1-2H3,(H,23,26). The second kappa shape index (κ2) is 9.23. The van der Waals surface area contributed by atoms with Crippen molar-refractivity contribution in [3.63, 3.8) is 0 Å². The van der Waals surface area contributed by atoms with Gasteiger partial charge in [-0.15, -0.1) is 0 Å². The summed E-state index contributed by atoms with van der Waals surface area (Å²) in [5.41, 5.74) is 2.49. The van der Waals surface area contributed by atoms with E-state index < -0.39 is 5.97 Å². The van der Waals surface area contributed by atoms with Gasteiger partial charge < -0.3 is 10.1 Å². The maximum absolute atomic E-state index is 12.8. The molecule has 0 fully saturated rings. The number of hydrogen-bond donors (Lipinski definition) is 1. The first kappa shape index (κ1) is 20.4. The molecule has 1 N–H and O–H groups in total. The summed E-state index contributed by atoms with van der Waals surface area (Å²) < 4.78 is 8.36. The summed E-state index contributed by atoms with van der Waals surface area (Å²) >= 11 is 0. The minimum Gasteiger partial charge on any atom is -0.462 e. The van der Waals surface area contributed by atoms with E-state index in [1.54, 1.807) is 40.3 Å².